The van der Waals surface area contributed by atoms with Gasteiger partial charge in [-0.2, -0.15) is 0 Å². The van der Waals surface area contributed by atoms with Gasteiger partial charge in [-0.25, -0.2) is 4.98 Å². The molecule has 1 atom stereocenters. The van der Waals surface area contributed by atoms with Gasteiger partial charge in [0.2, 0.25) is 0 Å². The second-order valence-corrected chi connectivity index (χ2v) is 11.2. The van der Waals surface area contributed by atoms with Crippen molar-refractivity contribution in [1.29, 1.82) is 0 Å². The third-order valence-corrected chi connectivity index (χ3v) is 7.79. The van der Waals surface area contributed by atoms with Gasteiger partial charge >= 0.3 is 5.97 Å². The van der Waals surface area contributed by atoms with Gasteiger partial charge < -0.3 is 5.11 Å². The van der Waals surface area contributed by atoms with Crippen LogP contribution in [-0.2, 0) is 22.0 Å². The summed E-state index contributed by atoms with van der Waals surface area (Å²) in [7, 11) is 0. The third-order valence-electron chi connectivity index (χ3n) is 6.88. The van der Waals surface area contributed by atoms with Crippen LogP contribution in [0.4, 0.5) is 0 Å². The SMILES string of the molecule is CCCC(CCCCc1nc(-c2ccc3c(c2)C(C)(C)CCC3(C)C)cs1)C(=O)O. The smallest absolute Gasteiger partial charge is 0.306 e. The maximum Gasteiger partial charge on any atom is 0.306 e. The van der Waals surface area contributed by atoms with Crippen LogP contribution in [0.2, 0.25) is 0 Å². The van der Waals surface area contributed by atoms with E-state index in [2.05, 4.69) is 58.2 Å². The molecule has 0 radical (unpaired) electrons. The molecule has 1 aromatic heterocycles. The van der Waals surface area contributed by atoms with E-state index < -0.39 is 5.97 Å². The Labute approximate surface area is 186 Å². The summed E-state index contributed by atoms with van der Waals surface area (Å²) in [5.74, 6) is -0.836. The van der Waals surface area contributed by atoms with Crippen molar-refractivity contribution in [2.75, 3.05) is 0 Å². The van der Waals surface area contributed by atoms with Crippen molar-refractivity contribution >= 4 is 17.3 Å². The molecule has 3 rings (SSSR count). The summed E-state index contributed by atoms with van der Waals surface area (Å²) in [5, 5.41) is 12.6. The monoisotopic (exact) mass is 427 g/mol. The fourth-order valence-corrected chi connectivity index (χ4v) is 5.56. The fourth-order valence-electron chi connectivity index (χ4n) is 4.71. The van der Waals surface area contributed by atoms with Crippen molar-refractivity contribution in [3.63, 3.8) is 0 Å². The average Bonchev–Trinajstić information content (AvgIpc) is 3.16. The molecule has 0 spiro atoms. The lowest BCUT2D eigenvalue weighted by atomic mass is 9.63. The highest BCUT2D eigenvalue weighted by molar-refractivity contribution is 7.09. The minimum atomic E-state index is -0.646. The molecule has 1 aromatic carbocycles. The van der Waals surface area contributed by atoms with E-state index in [0.29, 0.717) is 0 Å². The molecule has 1 aliphatic rings. The normalized spacial score (nSPS) is 18.0. The van der Waals surface area contributed by atoms with E-state index in [9.17, 15) is 9.90 Å². The fraction of sp³-hybridized carbons (Fsp3) is 0.615. The maximum absolute atomic E-state index is 11.3. The van der Waals surface area contributed by atoms with E-state index in [1.807, 2.05) is 0 Å². The quantitative estimate of drug-likeness (QED) is 0.425. The van der Waals surface area contributed by atoms with Gasteiger partial charge in [-0.1, -0.05) is 59.6 Å². The molecule has 3 nitrogen and oxygen atoms in total. The summed E-state index contributed by atoms with van der Waals surface area (Å²) in [6.45, 7) is 11.5. The minimum absolute atomic E-state index is 0.190. The number of hydrogen-bond acceptors (Lipinski definition) is 3. The highest BCUT2D eigenvalue weighted by Crippen LogP contribution is 2.46. The first-order valence-electron chi connectivity index (χ1n) is 11.5. The number of thiazole rings is 1. The predicted molar refractivity (Wildman–Crippen MR) is 126 cm³/mol. The molecule has 1 unspecified atom stereocenters. The van der Waals surface area contributed by atoms with Crippen molar-refractivity contribution in [2.45, 2.75) is 96.8 Å². The second-order valence-electron chi connectivity index (χ2n) is 10.2. The summed E-state index contributed by atoms with van der Waals surface area (Å²) in [6.07, 6.45) is 7.83. The minimum Gasteiger partial charge on any atom is -0.481 e. The Balaban J connectivity index is 1.66. The number of nitrogens with zero attached hydrogens (tertiary/aromatic N) is 1. The van der Waals surface area contributed by atoms with Crippen molar-refractivity contribution in [1.82, 2.24) is 4.98 Å². The molecule has 164 valence electrons. The largest absolute Gasteiger partial charge is 0.481 e. The van der Waals surface area contributed by atoms with Crippen LogP contribution in [0, 0.1) is 5.92 Å². The first kappa shape index (κ1) is 23.0. The van der Waals surface area contributed by atoms with Crippen molar-refractivity contribution in [3.05, 3.63) is 39.7 Å². The van der Waals surface area contributed by atoms with Gasteiger partial charge in [0.05, 0.1) is 16.6 Å². The molecular weight excluding hydrogens is 390 g/mol. The van der Waals surface area contributed by atoms with E-state index in [0.717, 1.165) is 49.2 Å². The zero-order chi connectivity index (χ0) is 21.9. The zero-order valence-corrected chi connectivity index (χ0v) is 20.1. The Morgan fingerprint density at radius 3 is 2.47 bits per heavy atom. The Kier molecular flexibility index (Phi) is 7.06. The van der Waals surface area contributed by atoms with Crippen LogP contribution in [-0.4, -0.2) is 16.1 Å². The summed E-state index contributed by atoms with van der Waals surface area (Å²) >= 11 is 1.73. The highest BCUT2D eigenvalue weighted by atomic mass is 32.1. The molecule has 0 bridgehead atoms. The molecule has 0 amide bonds. The first-order valence-corrected chi connectivity index (χ1v) is 12.3. The van der Waals surface area contributed by atoms with E-state index in [4.69, 9.17) is 4.98 Å². The van der Waals surface area contributed by atoms with Gasteiger partial charge in [-0.3, -0.25) is 4.79 Å². The number of carboxylic acid groups (broad SMARTS) is 1. The summed E-state index contributed by atoms with van der Waals surface area (Å²) < 4.78 is 0. The van der Waals surface area contributed by atoms with Crippen LogP contribution in [0.15, 0.2) is 23.6 Å². The third kappa shape index (κ3) is 5.14. The van der Waals surface area contributed by atoms with E-state index in [1.54, 1.807) is 11.3 Å². The van der Waals surface area contributed by atoms with Gasteiger partial charge in [-0.05, 0) is 66.5 Å². The lowest BCUT2D eigenvalue weighted by molar-refractivity contribution is -0.142. The van der Waals surface area contributed by atoms with Gasteiger partial charge in [0.25, 0.3) is 0 Å². The van der Waals surface area contributed by atoms with Gasteiger partial charge in [0.1, 0.15) is 0 Å². The number of hydrogen-bond donors (Lipinski definition) is 1. The number of aliphatic carboxylic acids is 1. The zero-order valence-electron chi connectivity index (χ0n) is 19.3. The standard InChI is InChI=1S/C26H37NO2S/c1-6-9-18(24(28)29)10-7-8-11-23-27-22(17-30-23)19-12-13-20-21(16-19)26(4,5)15-14-25(20,2)3/h12-13,16-18H,6-11,14-15H2,1-5H3,(H,28,29). The summed E-state index contributed by atoms with van der Waals surface area (Å²) in [6, 6.07) is 6.94. The molecule has 2 aromatic rings. The van der Waals surface area contributed by atoms with Gasteiger partial charge in [-0.15, -0.1) is 11.3 Å². The predicted octanol–water partition coefficient (Wildman–Crippen LogP) is 7.37. The van der Waals surface area contributed by atoms with Crippen molar-refractivity contribution in [3.8, 4) is 11.3 Å². The van der Waals surface area contributed by atoms with Crippen LogP contribution in [0.25, 0.3) is 11.3 Å². The Morgan fingerprint density at radius 1 is 1.10 bits per heavy atom. The topological polar surface area (TPSA) is 50.2 Å². The van der Waals surface area contributed by atoms with Crippen LogP contribution in [0.5, 0.6) is 0 Å². The van der Waals surface area contributed by atoms with Crippen molar-refractivity contribution in [2.24, 2.45) is 5.92 Å². The maximum atomic E-state index is 11.3. The number of aromatic nitrogens is 1. The molecule has 30 heavy (non-hydrogen) atoms. The van der Waals surface area contributed by atoms with Crippen LogP contribution in [0.3, 0.4) is 0 Å². The summed E-state index contributed by atoms with van der Waals surface area (Å²) in [5.41, 5.74) is 5.70. The number of benzene rings is 1. The Hall–Kier alpha value is -1.68. The molecule has 0 aliphatic heterocycles. The molecule has 1 heterocycles. The molecule has 1 N–H and O–H groups in total. The number of carbonyl (C=O) groups is 1. The van der Waals surface area contributed by atoms with Crippen LogP contribution in [0.1, 0.15) is 95.7 Å². The van der Waals surface area contributed by atoms with Crippen LogP contribution >= 0.6 is 11.3 Å². The van der Waals surface area contributed by atoms with E-state index >= 15 is 0 Å². The number of aryl methyl sites for hydroxylation is 1. The van der Waals surface area contributed by atoms with E-state index in [-0.39, 0.29) is 16.7 Å². The summed E-state index contributed by atoms with van der Waals surface area (Å²) in [4.78, 5) is 16.2. The van der Waals surface area contributed by atoms with E-state index in [1.165, 1.54) is 29.5 Å². The molecule has 0 fully saturated rings. The van der Waals surface area contributed by atoms with Crippen molar-refractivity contribution < 1.29 is 9.90 Å². The molecule has 4 heteroatoms. The van der Waals surface area contributed by atoms with Gasteiger partial charge in [0.15, 0.2) is 0 Å². The highest BCUT2D eigenvalue weighted by Gasteiger charge is 2.37. The molecule has 1 aliphatic carbocycles. The number of fused-ring (bicyclic) bond motifs is 1. The van der Waals surface area contributed by atoms with Crippen LogP contribution < -0.4 is 0 Å². The average molecular weight is 428 g/mol. The molecule has 0 saturated carbocycles. The van der Waals surface area contributed by atoms with Gasteiger partial charge in [0, 0.05) is 10.9 Å². The lowest BCUT2D eigenvalue weighted by Gasteiger charge is -2.42. The first-order chi connectivity index (χ1) is 14.1. The molecule has 0 saturated heterocycles. The number of rotatable bonds is 9. The Morgan fingerprint density at radius 2 is 1.80 bits per heavy atom. The molecular formula is C26H37NO2S. The Bertz CT molecular complexity index is 881. The number of carboxylic acids is 1. The number of unbranched alkanes of at least 4 members (excludes halogenated alkanes) is 1. The lowest BCUT2D eigenvalue weighted by Crippen LogP contribution is -2.33. The second kappa shape index (κ2) is 9.21.